The zero-order chi connectivity index (χ0) is 24.8. The van der Waals surface area contributed by atoms with Crippen molar-refractivity contribution in [2.24, 2.45) is 0 Å². The fourth-order valence-electron chi connectivity index (χ4n) is 3.63. The first-order valence-corrected chi connectivity index (χ1v) is 12.4. The quantitative estimate of drug-likeness (QED) is 0.522. The molecule has 1 aliphatic heterocycles. The van der Waals surface area contributed by atoms with Gasteiger partial charge in [-0.05, 0) is 35.9 Å². The molecule has 4 rings (SSSR count). The van der Waals surface area contributed by atoms with Gasteiger partial charge in [-0.15, -0.1) is 0 Å². The second-order valence-corrected chi connectivity index (χ2v) is 9.76. The van der Waals surface area contributed by atoms with Crippen LogP contribution in [0, 0.1) is 5.82 Å². The Morgan fingerprint density at radius 1 is 0.886 bits per heavy atom. The standard InChI is InChI=1S/C25H24FN3O5S/c26-22-11-10-19(35(32,33)29-12-14-34-15-13-29)16-21(22)25(31)28-23-9-5-4-8-20(23)24(30)27-17-18-6-2-1-3-7-18/h1-11,16H,12-15,17H2,(H,27,30)(H,28,31). The molecule has 0 aliphatic carbocycles. The van der Waals surface area contributed by atoms with Crippen LogP contribution in [0.5, 0.6) is 0 Å². The molecule has 0 bridgehead atoms. The lowest BCUT2D eigenvalue weighted by Gasteiger charge is -2.26. The summed E-state index contributed by atoms with van der Waals surface area (Å²) in [5.74, 6) is -2.17. The van der Waals surface area contributed by atoms with Crippen LogP contribution >= 0.6 is 0 Å². The maximum absolute atomic E-state index is 14.6. The van der Waals surface area contributed by atoms with E-state index in [-0.39, 0.29) is 49.0 Å². The normalized spacial score (nSPS) is 14.3. The summed E-state index contributed by atoms with van der Waals surface area (Å²) in [5, 5.41) is 5.32. The molecule has 0 aromatic heterocycles. The monoisotopic (exact) mass is 497 g/mol. The Morgan fingerprint density at radius 2 is 1.57 bits per heavy atom. The molecule has 0 unspecified atom stereocenters. The van der Waals surface area contributed by atoms with Crippen LogP contribution in [0.4, 0.5) is 10.1 Å². The Labute approximate surface area is 202 Å². The number of sulfonamides is 1. The van der Waals surface area contributed by atoms with E-state index in [4.69, 9.17) is 4.74 Å². The summed E-state index contributed by atoms with van der Waals surface area (Å²) >= 11 is 0. The zero-order valence-electron chi connectivity index (χ0n) is 18.7. The van der Waals surface area contributed by atoms with Crippen molar-refractivity contribution in [1.82, 2.24) is 9.62 Å². The summed E-state index contributed by atoms with van der Waals surface area (Å²) in [7, 11) is -3.92. The number of amides is 2. The van der Waals surface area contributed by atoms with Gasteiger partial charge in [0.15, 0.2) is 0 Å². The SMILES string of the molecule is O=C(Nc1ccccc1C(=O)NCc1ccccc1)c1cc(S(=O)(=O)N2CCOCC2)ccc1F. The maximum atomic E-state index is 14.6. The third-order valence-corrected chi connectivity index (χ3v) is 7.40. The van der Waals surface area contributed by atoms with Crippen LogP contribution in [0.2, 0.25) is 0 Å². The number of para-hydroxylation sites is 1. The number of hydrogen-bond donors (Lipinski definition) is 2. The third-order valence-electron chi connectivity index (χ3n) is 5.51. The van der Waals surface area contributed by atoms with Gasteiger partial charge in [-0.1, -0.05) is 42.5 Å². The van der Waals surface area contributed by atoms with E-state index in [1.165, 1.54) is 16.4 Å². The fraction of sp³-hybridized carbons (Fsp3) is 0.200. The summed E-state index contributed by atoms with van der Waals surface area (Å²) in [5.41, 5.74) is 0.819. The van der Waals surface area contributed by atoms with Gasteiger partial charge in [0.2, 0.25) is 10.0 Å². The first-order valence-electron chi connectivity index (χ1n) is 11.0. The van der Waals surface area contributed by atoms with Crippen molar-refractivity contribution in [3.8, 4) is 0 Å². The smallest absolute Gasteiger partial charge is 0.258 e. The van der Waals surface area contributed by atoms with E-state index >= 15 is 0 Å². The van der Waals surface area contributed by atoms with Crippen LogP contribution in [0.25, 0.3) is 0 Å². The van der Waals surface area contributed by atoms with Gasteiger partial charge >= 0.3 is 0 Å². The number of nitrogens with zero attached hydrogens (tertiary/aromatic N) is 1. The molecule has 3 aromatic carbocycles. The largest absolute Gasteiger partial charge is 0.379 e. The Morgan fingerprint density at radius 3 is 2.31 bits per heavy atom. The van der Waals surface area contributed by atoms with E-state index in [2.05, 4.69) is 10.6 Å². The zero-order valence-corrected chi connectivity index (χ0v) is 19.6. The number of ether oxygens (including phenoxy) is 1. The molecule has 2 amide bonds. The second kappa shape index (κ2) is 10.8. The molecule has 1 saturated heterocycles. The van der Waals surface area contributed by atoms with Gasteiger partial charge in [-0.25, -0.2) is 12.8 Å². The molecule has 1 aliphatic rings. The number of anilines is 1. The lowest BCUT2D eigenvalue weighted by Crippen LogP contribution is -2.40. The van der Waals surface area contributed by atoms with Crippen molar-refractivity contribution in [3.05, 3.63) is 95.3 Å². The number of morpholine rings is 1. The van der Waals surface area contributed by atoms with Crippen molar-refractivity contribution in [2.75, 3.05) is 31.6 Å². The van der Waals surface area contributed by atoms with Gasteiger partial charge in [0.05, 0.1) is 34.9 Å². The highest BCUT2D eigenvalue weighted by molar-refractivity contribution is 7.89. The lowest BCUT2D eigenvalue weighted by molar-refractivity contribution is 0.0730. The van der Waals surface area contributed by atoms with E-state index in [9.17, 15) is 22.4 Å². The molecular formula is C25H24FN3O5S. The summed E-state index contributed by atoms with van der Waals surface area (Å²) in [6, 6.07) is 18.7. The van der Waals surface area contributed by atoms with Crippen LogP contribution in [-0.2, 0) is 21.3 Å². The van der Waals surface area contributed by atoms with Crippen molar-refractivity contribution in [1.29, 1.82) is 0 Å². The number of hydrogen-bond acceptors (Lipinski definition) is 5. The molecular weight excluding hydrogens is 473 g/mol. The topological polar surface area (TPSA) is 105 Å². The average Bonchev–Trinajstić information content (AvgIpc) is 2.89. The van der Waals surface area contributed by atoms with Crippen LogP contribution in [0.15, 0.2) is 77.7 Å². The molecule has 35 heavy (non-hydrogen) atoms. The highest BCUT2D eigenvalue weighted by Crippen LogP contribution is 2.22. The van der Waals surface area contributed by atoms with Gasteiger partial charge in [0.1, 0.15) is 5.82 Å². The second-order valence-electron chi connectivity index (χ2n) is 7.83. The highest BCUT2D eigenvalue weighted by Gasteiger charge is 2.28. The molecule has 1 fully saturated rings. The molecule has 0 spiro atoms. The molecule has 10 heteroatoms. The maximum Gasteiger partial charge on any atom is 0.258 e. The molecule has 3 aromatic rings. The Balaban J connectivity index is 1.53. The minimum Gasteiger partial charge on any atom is -0.379 e. The number of rotatable bonds is 7. The van der Waals surface area contributed by atoms with Gasteiger partial charge in [0, 0.05) is 19.6 Å². The van der Waals surface area contributed by atoms with Gasteiger partial charge in [0.25, 0.3) is 11.8 Å². The van der Waals surface area contributed by atoms with Gasteiger partial charge in [-0.2, -0.15) is 4.31 Å². The van der Waals surface area contributed by atoms with E-state index < -0.39 is 33.2 Å². The van der Waals surface area contributed by atoms with E-state index in [0.717, 1.165) is 23.8 Å². The fourth-order valence-corrected chi connectivity index (χ4v) is 5.06. The molecule has 2 N–H and O–H groups in total. The van der Waals surface area contributed by atoms with Crippen LogP contribution < -0.4 is 10.6 Å². The highest BCUT2D eigenvalue weighted by atomic mass is 32.2. The van der Waals surface area contributed by atoms with Crippen LogP contribution in [0.3, 0.4) is 0 Å². The molecule has 1 heterocycles. The molecule has 0 saturated carbocycles. The first kappa shape index (κ1) is 24.5. The minimum atomic E-state index is -3.92. The van der Waals surface area contributed by atoms with Crippen molar-refractivity contribution >= 4 is 27.5 Å². The molecule has 182 valence electrons. The van der Waals surface area contributed by atoms with Gasteiger partial charge < -0.3 is 15.4 Å². The summed E-state index contributed by atoms with van der Waals surface area (Å²) in [6.07, 6.45) is 0. The average molecular weight is 498 g/mol. The third kappa shape index (κ3) is 5.73. The Kier molecular flexibility index (Phi) is 7.54. The van der Waals surface area contributed by atoms with Crippen molar-refractivity contribution in [2.45, 2.75) is 11.4 Å². The molecule has 0 atom stereocenters. The number of halogens is 1. The van der Waals surface area contributed by atoms with Gasteiger partial charge in [-0.3, -0.25) is 9.59 Å². The van der Waals surface area contributed by atoms with Crippen LogP contribution in [0.1, 0.15) is 26.3 Å². The number of benzene rings is 3. The Hall–Kier alpha value is -3.60. The van der Waals surface area contributed by atoms with Crippen LogP contribution in [-0.4, -0.2) is 50.8 Å². The van der Waals surface area contributed by atoms with E-state index in [1.54, 1.807) is 12.1 Å². The van der Waals surface area contributed by atoms with E-state index in [0.29, 0.717) is 0 Å². The van der Waals surface area contributed by atoms with Crippen molar-refractivity contribution in [3.63, 3.8) is 0 Å². The number of carbonyl (C=O) groups is 2. The summed E-state index contributed by atoms with van der Waals surface area (Å²) in [4.78, 5) is 25.5. The molecule has 8 nitrogen and oxygen atoms in total. The minimum absolute atomic E-state index is 0.170. The first-order chi connectivity index (χ1) is 16.9. The lowest BCUT2D eigenvalue weighted by atomic mass is 10.1. The van der Waals surface area contributed by atoms with Crippen molar-refractivity contribution < 1.29 is 27.1 Å². The van der Waals surface area contributed by atoms with E-state index in [1.807, 2.05) is 30.3 Å². The predicted molar refractivity (Wildman–Crippen MR) is 128 cm³/mol. The summed E-state index contributed by atoms with van der Waals surface area (Å²) < 4.78 is 46.8. The summed E-state index contributed by atoms with van der Waals surface area (Å²) in [6.45, 7) is 1.16. The number of carbonyl (C=O) groups excluding carboxylic acids is 2. The molecule has 0 radical (unpaired) electrons. The number of nitrogens with one attached hydrogen (secondary N) is 2. The predicted octanol–water partition coefficient (Wildman–Crippen LogP) is 3.03. The Bertz CT molecular complexity index is 1330.